The first-order valence-corrected chi connectivity index (χ1v) is 7.50. The van der Waals surface area contributed by atoms with Crippen molar-refractivity contribution < 1.29 is 27.4 Å². The predicted molar refractivity (Wildman–Crippen MR) is 87.1 cm³/mol. The molecule has 0 unspecified atom stereocenters. The maximum Gasteiger partial charge on any atom is 0.421 e. The highest BCUT2D eigenvalue weighted by Crippen LogP contribution is 2.26. The summed E-state index contributed by atoms with van der Waals surface area (Å²) >= 11 is 0. The fraction of sp³-hybridized carbons (Fsp3) is 0.294. The molecule has 9 heteroatoms. The van der Waals surface area contributed by atoms with Gasteiger partial charge in [-0.25, -0.2) is 0 Å². The van der Waals surface area contributed by atoms with Crippen molar-refractivity contribution in [1.82, 2.24) is 9.88 Å². The van der Waals surface area contributed by atoms with Gasteiger partial charge in [0.15, 0.2) is 0 Å². The number of hydrogen-bond acceptors (Lipinski definition) is 4. The van der Waals surface area contributed by atoms with E-state index in [-0.39, 0.29) is 6.54 Å². The Morgan fingerprint density at radius 3 is 2.54 bits per heavy atom. The van der Waals surface area contributed by atoms with Crippen LogP contribution in [0.3, 0.4) is 0 Å². The van der Waals surface area contributed by atoms with Crippen molar-refractivity contribution in [1.29, 1.82) is 0 Å². The number of pyridine rings is 1. The van der Waals surface area contributed by atoms with E-state index in [1.54, 1.807) is 18.2 Å². The van der Waals surface area contributed by atoms with E-state index in [1.165, 1.54) is 14.2 Å². The highest BCUT2D eigenvalue weighted by molar-refractivity contribution is 5.75. The van der Waals surface area contributed by atoms with Crippen LogP contribution in [0.5, 0.6) is 11.5 Å². The molecule has 0 saturated heterocycles. The topological polar surface area (TPSA) is 69.6 Å². The second-order valence-corrected chi connectivity index (χ2v) is 5.31. The molecule has 0 aliphatic heterocycles. The zero-order chi connectivity index (χ0) is 19.3. The third-order valence-electron chi connectivity index (χ3n) is 3.60. The van der Waals surface area contributed by atoms with Crippen molar-refractivity contribution in [3.63, 3.8) is 0 Å². The number of aromatic nitrogens is 1. The van der Waals surface area contributed by atoms with Crippen LogP contribution in [-0.2, 0) is 24.1 Å². The molecule has 26 heavy (non-hydrogen) atoms. The van der Waals surface area contributed by atoms with Crippen molar-refractivity contribution in [2.24, 2.45) is 0 Å². The molecule has 0 spiro atoms. The minimum absolute atomic E-state index is 0.0624. The second-order valence-electron chi connectivity index (χ2n) is 5.31. The Balaban J connectivity index is 2.10. The lowest BCUT2D eigenvalue weighted by Crippen LogP contribution is -2.34. The third-order valence-corrected chi connectivity index (χ3v) is 3.60. The lowest BCUT2D eigenvalue weighted by Gasteiger charge is -2.13. The average Bonchev–Trinajstić information content (AvgIpc) is 2.60. The lowest BCUT2D eigenvalue weighted by molar-refractivity contribution is -0.139. The van der Waals surface area contributed by atoms with Crippen LogP contribution in [0.15, 0.2) is 41.3 Å². The molecule has 0 fully saturated rings. The van der Waals surface area contributed by atoms with Gasteiger partial charge in [-0.15, -0.1) is 0 Å². The van der Waals surface area contributed by atoms with Crippen molar-refractivity contribution in [3.8, 4) is 11.5 Å². The number of carbonyl (C=O) groups excluding carboxylic acids is 1. The van der Waals surface area contributed by atoms with Gasteiger partial charge < -0.3 is 19.4 Å². The quantitative estimate of drug-likeness (QED) is 0.847. The Bertz CT molecular complexity index is 847. The second kappa shape index (κ2) is 7.94. The number of nitrogens with one attached hydrogen (secondary N) is 1. The molecule has 140 valence electrons. The average molecular weight is 370 g/mol. The number of alkyl halides is 3. The molecule has 0 saturated carbocycles. The molecule has 1 N–H and O–H groups in total. The van der Waals surface area contributed by atoms with Gasteiger partial charge in [-0.3, -0.25) is 9.59 Å². The monoisotopic (exact) mass is 370 g/mol. The van der Waals surface area contributed by atoms with Gasteiger partial charge in [-0.2, -0.15) is 13.2 Å². The van der Waals surface area contributed by atoms with E-state index in [4.69, 9.17) is 9.47 Å². The van der Waals surface area contributed by atoms with Crippen molar-refractivity contribution in [3.05, 3.63) is 58.0 Å². The number of methoxy groups -OCH3 is 2. The molecule has 1 aromatic carbocycles. The summed E-state index contributed by atoms with van der Waals surface area (Å²) in [5.74, 6) is 0.461. The smallest absolute Gasteiger partial charge is 0.421 e. The van der Waals surface area contributed by atoms with E-state index in [0.717, 1.165) is 12.3 Å². The van der Waals surface area contributed by atoms with Crippen LogP contribution >= 0.6 is 0 Å². The van der Waals surface area contributed by atoms with Crippen LogP contribution in [0.25, 0.3) is 0 Å². The molecule has 6 nitrogen and oxygen atoms in total. The number of hydrogen-bond donors (Lipinski definition) is 1. The highest BCUT2D eigenvalue weighted by atomic mass is 19.4. The molecule has 1 aromatic heterocycles. The first-order valence-electron chi connectivity index (χ1n) is 7.50. The molecular weight excluding hydrogens is 353 g/mol. The molecular formula is C17H17F3N2O4. The molecule has 0 radical (unpaired) electrons. The standard InChI is InChI=1S/C17H17F3N2O4/c1-25-12-5-6-14(26-2)11(8-12)9-21-15(23)10-22-7-3-4-13(16(22)24)17(18,19)20/h3-8H,9-10H2,1-2H3,(H,21,23). The van der Waals surface area contributed by atoms with Crippen LogP contribution in [0.1, 0.15) is 11.1 Å². The van der Waals surface area contributed by atoms with Gasteiger partial charge in [0.25, 0.3) is 5.56 Å². The Kier molecular flexibility index (Phi) is 5.91. The Labute approximate surface area is 147 Å². The number of halogens is 3. The van der Waals surface area contributed by atoms with Gasteiger partial charge in [0, 0.05) is 18.3 Å². The zero-order valence-electron chi connectivity index (χ0n) is 14.1. The molecule has 2 aromatic rings. The maximum absolute atomic E-state index is 12.8. The van der Waals surface area contributed by atoms with E-state index < -0.39 is 29.8 Å². The number of amides is 1. The van der Waals surface area contributed by atoms with Gasteiger partial charge in [-0.1, -0.05) is 0 Å². The van der Waals surface area contributed by atoms with Crippen molar-refractivity contribution >= 4 is 5.91 Å². The lowest BCUT2D eigenvalue weighted by atomic mass is 10.2. The minimum atomic E-state index is -4.77. The van der Waals surface area contributed by atoms with Gasteiger partial charge >= 0.3 is 6.18 Å². The van der Waals surface area contributed by atoms with Crippen LogP contribution in [0, 0.1) is 0 Å². The Morgan fingerprint density at radius 1 is 1.19 bits per heavy atom. The van der Waals surface area contributed by atoms with Crippen LogP contribution in [0.2, 0.25) is 0 Å². The maximum atomic E-state index is 12.8. The molecule has 0 bridgehead atoms. The summed E-state index contributed by atoms with van der Waals surface area (Å²) in [7, 11) is 2.96. The summed E-state index contributed by atoms with van der Waals surface area (Å²) < 4.78 is 49.2. The molecule has 1 heterocycles. The fourth-order valence-electron chi connectivity index (χ4n) is 2.30. The summed E-state index contributed by atoms with van der Waals surface area (Å²) in [6.45, 7) is -0.470. The number of ether oxygens (including phenoxy) is 2. The van der Waals surface area contributed by atoms with Gasteiger partial charge in [0.2, 0.25) is 5.91 Å². The van der Waals surface area contributed by atoms with E-state index in [9.17, 15) is 22.8 Å². The summed E-state index contributed by atoms with van der Waals surface area (Å²) in [6.07, 6.45) is -3.65. The van der Waals surface area contributed by atoms with Crippen molar-refractivity contribution in [2.45, 2.75) is 19.3 Å². The van der Waals surface area contributed by atoms with Gasteiger partial charge in [-0.05, 0) is 30.3 Å². The van der Waals surface area contributed by atoms with E-state index in [0.29, 0.717) is 27.7 Å². The molecule has 2 rings (SSSR count). The fourth-order valence-corrected chi connectivity index (χ4v) is 2.30. The number of rotatable bonds is 6. The first kappa shape index (κ1) is 19.4. The van der Waals surface area contributed by atoms with Crippen molar-refractivity contribution in [2.75, 3.05) is 14.2 Å². The summed E-state index contributed by atoms with van der Waals surface area (Å²) in [5.41, 5.74) is -1.96. The normalized spacial score (nSPS) is 11.1. The zero-order valence-corrected chi connectivity index (χ0v) is 14.1. The van der Waals surface area contributed by atoms with Gasteiger partial charge in [0.1, 0.15) is 23.6 Å². The number of benzene rings is 1. The van der Waals surface area contributed by atoms with E-state index in [2.05, 4.69) is 5.32 Å². The summed E-state index contributed by atoms with van der Waals surface area (Å²) in [5, 5.41) is 2.54. The van der Waals surface area contributed by atoms with Crippen LogP contribution in [-0.4, -0.2) is 24.7 Å². The first-order chi connectivity index (χ1) is 12.3. The number of nitrogens with zero attached hydrogens (tertiary/aromatic N) is 1. The largest absolute Gasteiger partial charge is 0.497 e. The summed E-state index contributed by atoms with van der Waals surface area (Å²) in [6, 6.07) is 6.76. The Morgan fingerprint density at radius 2 is 1.92 bits per heavy atom. The molecule has 0 atom stereocenters. The predicted octanol–water partition coefficient (Wildman–Crippen LogP) is 2.20. The van der Waals surface area contributed by atoms with Crippen LogP contribution < -0.4 is 20.3 Å². The molecule has 0 aliphatic rings. The summed E-state index contributed by atoms with van der Waals surface area (Å²) in [4.78, 5) is 23.9. The van der Waals surface area contributed by atoms with Crippen LogP contribution in [0.4, 0.5) is 13.2 Å². The van der Waals surface area contributed by atoms with Gasteiger partial charge in [0.05, 0.1) is 14.2 Å². The highest BCUT2D eigenvalue weighted by Gasteiger charge is 2.34. The molecule has 0 aliphatic carbocycles. The number of carbonyl (C=O) groups is 1. The Hall–Kier alpha value is -2.97. The van der Waals surface area contributed by atoms with E-state index in [1.807, 2.05) is 0 Å². The molecule has 1 amide bonds. The van der Waals surface area contributed by atoms with E-state index >= 15 is 0 Å². The SMILES string of the molecule is COc1ccc(OC)c(CNC(=O)Cn2cccc(C(F)(F)F)c2=O)c1. The third kappa shape index (κ3) is 4.56. The minimum Gasteiger partial charge on any atom is -0.497 e.